The molecule has 1 unspecified atom stereocenters. The molecular weight excluding hydrogens is 265 g/mol. The van der Waals surface area contributed by atoms with Crippen molar-refractivity contribution in [3.05, 3.63) is 59.0 Å². The van der Waals surface area contributed by atoms with Crippen LogP contribution in [0.2, 0.25) is 0 Å². The molecule has 1 heterocycles. The number of halogens is 1. The lowest BCUT2D eigenvalue weighted by Crippen LogP contribution is -2.24. The number of nitrogens with one attached hydrogen (secondary N) is 1. The summed E-state index contributed by atoms with van der Waals surface area (Å²) in [7, 11) is 0. The number of nitrogens with zero attached hydrogens (tertiary/aromatic N) is 1. The van der Waals surface area contributed by atoms with E-state index in [2.05, 4.69) is 17.2 Å². The van der Waals surface area contributed by atoms with Crippen LogP contribution in [0, 0.1) is 12.7 Å². The van der Waals surface area contributed by atoms with Gasteiger partial charge in [-0.3, -0.25) is 0 Å². The summed E-state index contributed by atoms with van der Waals surface area (Å²) < 4.78 is 13.7. The lowest BCUT2D eigenvalue weighted by Gasteiger charge is -2.20. The largest absolute Gasteiger partial charge is 0.383 e. The average molecular weight is 287 g/mol. The summed E-state index contributed by atoms with van der Waals surface area (Å²) in [4.78, 5) is 4.12. The number of anilines is 1. The molecule has 3 nitrogen and oxygen atoms in total. The van der Waals surface area contributed by atoms with E-state index in [0.717, 1.165) is 29.7 Å². The summed E-state index contributed by atoms with van der Waals surface area (Å²) in [6.07, 6.45) is 3.40. The van der Waals surface area contributed by atoms with Crippen LogP contribution in [0.3, 0.4) is 0 Å². The Kier molecular flexibility index (Phi) is 5.28. The molecule has 21 heavy (non-hydrogen) atoms. The van der Waals surface area contributed by atoms with Gasteiger partial charge in [0.15, 0.2) is 0 Å². The van der Waals surface area contributed by atoms with E-state index < -0.39 is 0 Å². The number of nitrogen functional groups attached to an aromatic ring is 1. The Balaban J connectivity index is 2.27. The van der Waals surface area contributed by atoms with Gasteiger partial charge in [0.05, 0.1) is 0 Å². The van der Waals surface area contributed by atoms with Crippen molar-refractivity contribution >= 4 is 5.82 Å². The molecule has 1 aromatic carbocycles. The van der Waals surface area contributed by atoms with Gasteiger partial charge in [0.25, 0.3) is 0 Å². The van der Waals surface area contributed by atoms with Gasteiger partial charge >= 0.3 is 0 Å². The number of aryl methyl sites for hydroxylation is 1. The molecule has 0 aliphatic rings. The second-order valence-corrected chi connectivity index (χ2v) is 5.32. The first-order valence-electron chi connectivity index (χ1n) is 7.30. The maximum atomic E-state index is 13.7. The fourth-order valence-corrected chi connectivity index (χ4v) is 2.44. The third-order valence-electron chi connectivity index (χ3n) is 3.46. The zero-order valence-corrected chi connectivity index (χ0v) is 12.6. The van der Waals surface area contributed by atoms with Crippen molar-refractivity contribution in [2.24, 2.45) is 0 Å². The van der Waals surface area contributed by atoms with E-state index in [-0.39, 0.29) is 11.9 Å². The first-order chi connectivity index (χ1) is 10.1. The number of aromatic nitrogens is 1. The third kappa shape index (κ3) is 4.26. The fourth-order valence-electron chi connectivity index (χ4n) is 2.44. The Morgan fingerprint density at radius 1 is 1.33 bits per heavy atom. The Morgan fingerprint density at radius 2 is 2.14 bits per heavy atom. The molecule has 2 rings (SSSR count). The summed E-state index contributed by atoms with van der Waals surface area (Å²) in [5.41, 5.74) is 8.77. The lowest BCUT2D eigenvalue weighted by atomic mass is 9.97. The van der Waals surface area contributed by atoms with Crippen molar-refractivity contribution in [3.8, 4) is 0 Å². The SMILES string of the molecule is CCCNC(Cc1cccnc1N)c1cc(C)cc(F)c1. The second-order valence-electron chi connectivity index (χ2n) is 5.32. The van der Waals surface area contributed by atoms with Gasteiger partial charge in [0.1, 0.15) is 11.6 Å². The Hall–Kier alpha value is -1.94. The standard InChI is InChI=1S/C17H22FN3/c1-3-6-20-16(11-13-5-4-7-21-17(13)19)14-8-12(2)9-15(18)10-14/h4-5,7-10,16,20H,3,6,11H2,1-2H3,(H2,19,21). The molecule has 1 aromatic heterocycles. The van der Waals surface area contributed by atoms with Crippen molar-refractivity contribution in [1.29, 1.82) is 0 Å². The number of nitrogens with two attached hydrogens (primary N) is 1. The van der Waals surface area contributed by atoms with Crippen molar-refractivity contribution in [3.63, 3.8) is 0 Å². The lowest BCUT2D eigenvalue weighted by molar-refractivity contribution is 0.524. The highest BCUT2D eigenvalue weighted by atomic mass is 19.1. The number of benzene rings is 1. The molecule has 0 saturated heterocycles. The van der Waals surface area contributed by atoms with E-state index in [1.807, 2.05) is 25.1 Å². The minimum absolute atomic E-state index is 0.0332. The number of pyridine rings is 1. The molecule has 4 heteroatoms. The van der Waals surface area contributed by atoms with Crippen LogP contribution in [0.1, 0.15) is 36.1 Å². The zero-order valence-electron chi connectivity index (χ0n) is 12.6. The van der Waals surface area contributed by atoms with E-state index in [0.29, 0.717) is 12.2 Å². The molecule has 112 valence electrons. The molecule has 2 aromatic rings. The van der Waals surface area contributed by atoms with Gasteiger partial charge in [-0.05, 0) is 61.2 Å². The predicted molar refractivity (Wildman–Crippen MR) is 84.5 cm³/mol. The van der Waals surface area contributed by atoms with Crippen LogP contribution in [0.4, 0.5) is 10.2 Å². The van der Waals surface area contributed by atoms with Gasteiger partial charge in [0.2, 0.25) is 0 Å². The van der Waals surface area contributed by atoms with Crippen LogP contribution in [0.25, 0.3) is 0 Å². The van der Waals surface area contributed by atoms with Gasteiger partial charge in [-0.1, -0.05) is 19.1 Å². The van der Waals surface area contributed by atoms with Gasteiger partial charge in [-0.15, -0.1) is 0 Å². The Labute approximate surface area is 125 Å². The van der Waals surface area contributed by atoms with Crippen molar-refractivity contribution in [2.75, 3.05) is 12.3 Å². The highest BCUT2D eigenvalue weighted by Crippen LogP contribution is 2.22. The maximum Gasteiger partial charge on any atom is 0.126 e. The normalized spacial score (nSPS) is 12.3. The quantitative estimate of drug-likeness (QED) is 0.856. The molecule has 0 amide bonds. The number of hydrogen-bond acceptors (Lipinski definition) is 3. The fraction of sp³-hybridized carbons (Fsp3) is 0.353. The van der Waals surface area contributed by atoms with E-state index in [1.165, 1.54) is 0 Å². The molecule has 0 radical (unpaired) electrons. The van der Waals surface area contributed by atoms with Crippen molar-refractivity contribution in [2.45, 2.75) is 32.7 Å². The van der Waals surface area contributed by atoms with Crippen LogP contribution in [0.5, 0.6) is 0 Å². The molecule has 0 fully saturated rings. The third-order valence-corrected chi connectivity index (χ3v) is 3.46. The molecule has 3 N–H and O–H groups in total. The van der Waals surface area contributed by atoms with E-state index in [4.69, 9.17) is 5.73 Å². The van der Waals surface area contributed by atoms with E-state index >= 15 is 0 Å². The maximum absolute atomic E-state index is 13.7. The minimum atomic E-state index is -0.201. The van der Waals surface area contributed by atoms with Crippen molar-refractivity contribution < 1.29 is 4.39 Å². The highest BCUT2D eigenvalue weighted by Gasteiger charge is 2.14. The topological polar surface area (TPSA) is 50.9 Å². The molecule has 0 bridgehead atoms. The molecular formula is C17H22FN3. The van der Waals surface area contributed by atoms with Crippen LogP contribution in [0.15, 0.2) is 36.5 Å². The molecule has 0 aliphatic heterocycles. The monoisotopic (exact) mass is 287 g/mol. The first kappa shape index (κ1) is 15.4. The summed E-state index contributed by atoms with van der Waals surface area (Å²) in [6, 6.07) is 9.02. The van der Waals surface area contributed by atoms with Gasteiger partial charge in [-0.25, -0.2) is 9.37 Å². The number of rotatable bonds is 6. The second kappa shape index (κ2) is 7.18. The summed E-state index contributed by atoms with van der Waals surface area (Å²) >= 11 is 0. The molecule has 0 spiro atoms. The van der Waals surface area contributed by atoms with Crippen molar-refractivity contribution in [1.82, 2.24) is 10.3 Å². The number of hydrogen-bond donors (Lipinski definition) is 2. The first-order valence-corrected chi connectivity index (χ1v) is 7.30. The van der Waals surface area contributed by atoms with E-state index in [1.54, 1.807) is 18.3 Å². The van der Waals surface area contributed by atoms with Crippen LogP contribution >= 0.6 is 0 Å². The summed E-state index contributed by atoms with van der Waals surface area (Å²) in [5, 5.41) is 3.47. The molecule has 0 saturated carbocycles. The minimum Gasteiger partial charge on any atom is -0.383 e. The van der Waals surface area contributed by atoms with Crippen LogP contribution < -0.4 is 11.1 Å². The molecule has 0 aliphatic carbocycles. The Bertz CT molecular complexity index is 578. The van der Waals surface area contributed by atoms with Crippen LogP contribution in [-0.2, 0) is 6.42 Å². The molecule has 1 atom stereocenters. The van der Waals surface area contributed by atoms with E-state index in [9.17, 15) is 4.39 Å². The average Bonchev–Trinajstić information content (AvgIpc) is 2.44. The van der Waals surface area contributed by atoms with Gasteiger partial charge in [0, 0.05) is 12.2 Å². The highest BCUT2D eigenvalue weighted by molar-refractivity contribution is 5.40. The van der Waals surface area contributed by atoms with Crippen LogP contribution in [-0.4, -0.2) is 11.5 Å². The van der Waals surface area contributed by atoms with Gasteiger partial charge in [-0.2, -0.15) is 0 Å². The smallest absolute Gasteiger partial charge is 0.126 e. The summed E-state index contributed by atoms with van der Waals surface area (Å²) in [6.45, 7) is 4.89. The zero-order chi connectivity index (χ0) is 15.2. The summed E-state index contributed by atoms with van der Waals surface area (Å²) in [5.74, 6) is 0.335. The predicted octanol–water partition coefficient (Wildman–Crippen LogP) is 3.39. The Morgan fingerprint density at radius 3 is 2.81 bits per heavy atom. The van der Waals surface area contributed by atoms with Gasteiger partial charge < -0.3 is 11.1 Å².